The zero-order valence-electron chi connectivity index (χ0n) is 15.3. The predicted molar refractivity (Wildman–Crippen MR) is 123 cm³/mol. The van der Waals surface area contributed by atoms with Crippen molar-refractivity contribution in [1.82, 2.24) is 15.6 Å². The number of nitrogens with zero attached hydrogens (tertiary/aromatic N) is 3. The summed E-state index contributed by atoms with van der Waals surface area (Å²) in [6.45, 7) is 1.80. The summed E-state index contributed by atoms with van der Waals surface area (Å²) in [5.41, 5.74) is 5.14. The van der Waals surface area contributed by atoms with E-state index in [2.05, 4.69) is 20.7 Å². The Hall–Kier alpha value is -1.58. The number of rotatable bonds is 8. The maximum Gasteiger partial charge on any atom is 0.250 e. The van der Waals surface area contributed by atoms with Crippen molar-refractivity contribution in [3.63, 3.8) is 0 Å². The first-order chi connectivity index (χ1) is 14.0. The second kappa shape index (κ2) is 11.0. The van der Waals surface area contributed by atoms with Crippen LogP contribution in [-0.2, 0) is 10.5 Å². The van der Waals surface area contributed by atoms with Gasteiger partial charge in [0.2, 0.25) is 0 Å². The number of amides is 1. The SMILES string of the molecule is C/C(=N/NC(=O)CSc1nnc(SCc2ccc(Cl)cc2)s1)c1ccccc1Cl. The fourth-order valence-corrected chi connectivity index (χ4v) is 5.33. The minimum absolute atomic E-state index is 0.204. The van der Waals surface area contributed by atoms with Crippen LogP contribution in [0.1, 0.15) is 18.1 Å². The van der Waals surface area contributed by atoms with Crippen LogP contribution < -0.4 is 5.43 Å². The standard InChI is InChI=1S/C19H16Cl2N4OS3/c1-12(15-4-2-3-5-16(15)21)22-23-17(26)11-28-19-25-24-18(29-19)27-10-13-6-8-14(20)9-7-13/h2-9H,10-11H2,1H3,(H,23,26)/b22-12-. The summed E-state index contributed by atoms with van der Waals surface area (Å²) in [5, 5.41) is 13.7. The second-order valence-corrected chi connectivity index (χ2v) is 10.0. The van der Waals surface area contributed by atoms with Crippen LogP contribution in [0.15, 0.2) is 62.3 Å². The molecular formula is C19H16Cl2N4OS3. The summed E-state index contributed by atoms with van der Waals surface area (Å²) >= 11 is 16.4. The zero-order chi connectivity index (χ0) is 20.6. The highest BCUT2D eigenvalue weighted by Crippen LogP contribution is 2.30. The van der Waals surface area contributed by atoms with Crippen LogP contribution in [0, 0.1) is 0 Å². The zero-order valence-corrected chi connectivity index (χ0v) is 19.2. The molecule has 10 heteroatoms. The molecule has 150 valence electrons. The van der Waals surface area contributed by atoms with Crippen molar-refractivity contribution in [2.45, 2.75) is 21.4 Å². The topological polar surface area (TPSA) is 67.2 Å². The van der Waals surface area contributed by atoms with E-state index in [9.17, 15) is 4.79 Å². The normalized spacial score (nSPS) is 11.5. The van der Waals surface area contributed by atoms with Crippen LogP contribution >= 0.6 is 58.1 Å². The lowest BCUT2D eigenvalue weighted by atomic mass is 10.1. The maximum atomic E-state index is 12.1. The van der Waals surface area contributed by atoms with Gasteiger partial charge in [-0.2, -0.15) is 5.10 Å². The lowest BCUT2D eigenvalue weighted by molar-refractivity contribution is -0.118. The Bertz CT molecular complexity index is 1010. The van der Waals surface area contributed by atoms with E-state index >= 15 is 0 Å². The number of nitrogens with one attached hydrogen (secondary N) is 1. The van der Waals surface area contributed by atoms with Gasteiger partial charge in [0.05, 0.1) is 11.5 Å². The predicted octanol–water partition coefficient (Wildman–Crippen LogP) is 5.77. The van der Waals surface area contributed by atoms with Gasteiger partial charge in [0.1, 0.15) is 0 Å². The van der Waals surface area contributed by atoms with E-state index in [-0.39, 0.29) is 11.7 Å². The monoisotopic (exact) mass is 482 g/mol. The van der Waals surface area contributed by atoms with Crippen LogP contribution in [0.2, 0.25) is 10.0 Å². The van der Waals surface area contributed by atoms with Gasteiger partial charge in [-0.3, -0.25) is 4.79 Å². The van der Waals surface area contributed by atoms with Crippen molar-refractivity contribution >= 4 is 69.7 Å². The number of halogens is 2. The van der Waals surface area contributed by atoms with E-state index in [0.29, 0.717) is 10.7 Å². The van der Waals surface area contributed by atoms with Crippen molar-refractivity contribution in [1.29, 1.82) is 0 Å². The highest BCUT2D eigenvalue weighted by atomic mass is 35.5. The molecule has 0 bridgehead atoms. The first-order valence-corrected chi connectivity index (χ1v) is 12.0. The Morgan fingerprint density at radius 3 is 2.48 bits per heavy atom. The van der Waals surface area contributed by atoms with Gasteiger partial charge < -0.3 is 0 Å². The summed E-state index contributed by atoms with van der Waals surface area (Å²) < 4.78 is 1.60. The largest absolute Gasteiger partial charge is 0.272 e. The molecule has 0 fully saturated rings. The van der Waals surface area contributed by atoms with Gasteiger partial charge in [-0.05, 0) is 30.7 Å². The first-order valence-electron chi connectivity index (χ1n) is 8.43. The average Bonchev–Trinajstić information content (AvgIpc) is 3.18. The number of hydrogen-bond acceptors (Lipinski definition) is 7. The highest BCUT2D eigenvalue weighted by molar-refractivity contribution is 8.03. The fourth-order valence-electron chi connectivity index (χ4n) is 2.16. The summed E-state index contributed by atoms with van der Waals surface area (Å²) in [5.74, 6) is 0.773. The summed E-state index contributed by atoms with van der Waals surface area (Å²) in [4.78, 5) is 12.1. The third-order valence-electron chi connectivity index (χ3n) is 3.60. The van der Waals surface area contributed by atoms with E-state index in [1.165, 1.54) is 23.1 Å². The van der Waals surface area contributed by atoms with Crippen molar-refractivity contribution in [3.8, 4) is 0 Å². The summed E-state index contributed by atoms with van der Waals surface area (Å²) in [6.07, 6.45) is 0. The van der Waals surface area contributed by atoms with Gasteiger partial charge in [-0.15, -0.1) is 10.2 Å². The molecule has 0 atom stereocenters. The molecule has 29 heavy (non-hydrogen) atoms. The van der Waals surface area contributed by atoms with Crippen molar-refractivity contribution in [2.75, 3.05) is 5.75 Å². The molecule has 0 aliphatic rings. The van der Waals surface area contributed by atoms with Gasteiger partial charge in [0.25, 0.3) is 5.91 Å². The third kappa shape index (κ3) is 7.01. The van der Waals surface area contributed by atoms with Crippen LogP contribution in [-0.4, -0.2) is 27.6 Å². The van der Waals surface area contributed by atoms with E-state index in [1.54, 1.807) is 24.8 Å². The Balaban J connectivity index is 1.45. The molecule has 0 unspecified atom stereocenters. The number of thioether (sulfide) groups is 2. The first kappa shape index (κ1) is 22.1. The minimum atomic E-state index is -0.216. The molecule has 0 saturated carbocycles. The van der Waals surface area contributed by atoms with E-state index in [1.807, 2.05) is 42.5 Å². The molecule has 1 heterocycles. The second-order valence-electron chi connectivity index (χ2n) is 5.75. The van der Waals surface area contributed by atoms with Gasteiger partial charge in [0, 0.05) is 21.4 Å². The van der Waals surface area contributed by atoms with Crippen LogP contribution in [0.3, 0.4) is 0 Å². The number of benzene rings is 2. The van der Waals surface area contributed by atoms with Crippen molar-refractivity contribution < 1.29 is 4.79 Å². The van der Waals surface area contributed by atoms with Crippen molar-refractivity contribution in [3.05, 3.63) is 69.7 Å². The van der Waals surface area contributed by atoms with Gasteiger partial charge >= 0.3 is 0 Å². The molecule has 3 rings (SSSR count). The Labute approximate surface area is 191 Å². The van der Waals surface area contributed by atoms with Crippen LogP contribution in [0.4, 0.5) is 0 Å². The van der Waals surface area contributed by atoms with Gasteiger partial charge in [-0.25, -0.2) is 5.43 Å². The molecule has 2 aromatic carbocycles. The van der Waals surface area contributed by atoms with Crippen LogP contribution in [0.5, 0.6) is 0 Å². The summed E-state index contributed by atoms with van der Waals surface area (Å²) in [7, 11) is 0. The lowest BCUT2D eigenvalue weighted by Gasteiger charge is -2.04. The van der Waals surface area contributed by atoms with E-state index in [0.717, 1.165) is 30.6 Å². The Kier molecular flexibility index (Phi) is 8.38. The maximum absolute atomic E-state index is 12.1. The highest BCUT2D eigenvalue weighted by Gasteiger charge is 2.09. The molecule has 0 aliphatic carbocycles. The third-order valence-corrected chi connectivity index (χ3v) is 7.44. The molecule has 0 saturated heterocycles. The summed E-state index contributed by atoms with van der Waals surface area (Å²) in [6, 6.07) is 15.1. The number of hydrogen-bond donors (Lipinski definition) is 1. The van der Waals surface area contributed by atoms with Gasteiger partial charge in [0.15, 0.2) is 8.68 Å². The van der Waals surface area contributed by atoms with Crippen LogP contribution in [0.25, 0.3) is 0 Å². The number of carbonyl (C=O) groups is 1. The lowest BCUT2D eigenvalue weighted by Crippen LogP contribution is -2.21. The smallest absolute Gasteiger partial charge is 0.250 e. The fraction of sp³-hybridized carbons (Fsp3) is 0.158. The molecule has 0 radical (unpaired) electrons. The Morgan fingerprint density at radius 2 is 1.76 bits per heavy atom. The molecule has 1 aromatic heterocycles. The average molecular weight is 483 g/mol. The van der Waals surface area contributed by atoms with E-state index < -0.39 is 0 Å². The van der Waals surface area contributed by atoms with E-state index in [4.69, 9.17) is 23.2 Å². The molecule has 0 aliphatic heterocycles. The van der Waals surface area contributed by atoms with Crippen molar-refractivity contribution in [2.24, 2.45) is 5.10 Å². The molecule has 1 amide bonds. The minimum Gasteiger partial charge on any atom is -0.272 e. The quantitative estimate of drug-likeness (QED) is 0.250. The number of carbonyl (C=O) groups excluding carboxylic acids is 1. The van der Waals surface area contributed by atoms with Gasteiger partial charge in [-0.1, -0.05) is 88.4 Å². The number of hydrazone groups is 1. The molecular weight excluding hydrogens is 467 g/mol. The molecule has 3 aromatic rings. The number of aromatic nitrogens is 2. The molecule has 0 spiro atoms. The molecule has 1 N–H and O–H groups in total. The Morgan fingerprint density at radius 1 is 1.07 bits per heavy atom. The molecule has 5 nitrogen and oxygen atoms in total.